The summed E-state index contributed by atoms with van der Waals surface area (Å²) in [7, 11) is -2.18. The van der Waals surface area contributed by atoms with Crippen LogP contribution in [0.5, 0.6) is 0 Å². The van der Waals surface area contributed by atoms with Crippen molar-refractivity contribution in [2.75, 3.05) is 7.05 Å². The van der Waals surface area contributed by atoms with E-state index in [1.54, 1.807) is 6.08 Å². The predicted molar refractivity (Wildman–Crippen MR) is 141 cm³/mol. The van der Waals surface area contributed by atoms with E-state index in [2.05, 4.69) is 11.6 Å². The van der Waals surface area contributed by atoms with Gasteiger partial charge in [-0.25, -0.2) is 8.42 Å². The largest absolute Gasteiger partial charge is 0.312 e. The molecule has 35 heavy (non-hydrogen) atoms. The number of halogens is 1. The Morgan fingerprint density at radius 1 is 1.11 bits per heavy atom. The van der Waals surface area contributed by atoms with Gasteiger partial charge in [0.15, 0.2) is 4.80 Å². The molecule has 0 fully saturated rings. The standard InChI is InChI=1S/C26H24ClN3O3S2/c1-4-16-30-24-18(2)22(27)14-15-23(24)34-26(30)28-25(31)20-10-12-21(13-11-20)35(32,33)29(3)17-19-8-6-5-7-9-19/h4-15H,1,16-17H2,2-3H3. The average molecular weight is 526 g/mol. The number of allylic oxidation sites excluding steroid dienone is 1. The summed E-state index contributed by atoms with van der Waals surface area (Å²) in [4.78, 5) is 17.9. The number of carbonyl (C=O) groups excluding carboxylic acids is 1. The van der Waals surface area contributed by atoms with E-state index in [-0.39, 0.29) is 11.4 Å². The predicted octanol–water partition coefficient (Wildman–Crippen LogP) is 5.41. The normalized spacial score (nSPS) is 12.4. The Balaban J connectivity index is 1.63. The first kappa shape index (κ1) is 25.1. The summed E-state index contributed by atoms with van der Waals surface area (Å²) in [6, 6.07) is 18.9. The number of benzene rings is 3. The van der Waals surface area contributed by atoms with Gasteiger partial charge in [-0.15, -0.1) is 6.58 Å². The second-order valence-corrected chi connectivity index (χ2v) is 11.5. The molecule has 0 spiro atoms. The topological polar surface area (TPSA) is 71.7 Å². The van der Waals surface area contributed by atoms with Crippen molar-refractivity contribution < 1.29 is 13.2 Å². The minimum absolute atomic E-state index is 0.112. The van der Waals surface area contributed by atoms with Crippen LogP contribution in [0.15, 0.2) is 89.3 Å². The van der Waals surface area contributed by atoms with Gasteiger partial charge in [-0.2, -0.15) is 9.30 Å². The van der Waals surface area contributed by atoms with E-state index in [4.69, 9.17) is 11.6 Å². The van der Waals surface area contributed by atoms with Crippen molar-refractivity contribution in [3.8, 4) is 0 Å². The van der Waals surface area contributed by atoms with Gasteiger partial charge >= 0.3 is 0 Å². The van der Waals surface area contributed by atoms with Crippen LogP contribution in [0.3, 0.4) is 0 Å². The highest BCUT2D eigenvalue weighted by Crippen LogP contribution is 2.27. The molecule has 0 aliphatic rings. The molecule has 0 radical (unpaired) electrons. The number of nitrogens with zero attached hydrogens (tertiary/aromatic N) is 3. The third kappa shape index (κ3) is 5.16. The highest BCUT2D eigenvalue weighted by atomic mass is 35.5. The van der Waals surface area contributed by atoms with E-state index >= 15 is 0 Å². The number of thiazole rings is 1. The van der Waals surface area contributed by atoms with Crippen LogP contribution in [0.2, 0.25) is 5.02 Å². The summed E-state index contributed by atoms with van der Waals surface area (Å²) >= 11 is 7.69. The van der Waals surface area contributed by atoms with Crippen LogP contribution < -0.4 is 4.80 Å². The van der Waals surface area contributed by atoms with Gasteiger partial charge in [-0.1, -0.05) is 59.3 Å². The maximum absolute atomic E-state index is 13.0. The minimum atomic E-state index is -3.71. The lowest BCUT2D eigenvalue weighted by Crippen LogP contribution is -2.26. The lowest BCUT2D eigenvalue weighted by Gasteiger charge is -2.17. The molecule has 9 heteroatoms. The molecule has 0 saturated carbocycles. The molecule has 0 aliphatic heterocycles. The van der Waals surface area contributed by atoms with Crippen LogP contribution in [-0.2, 0) is 23.1 Å². The first-order valence-electron chi connectivity index (χ1n) is 10.8. The SMILES string of the molecule is C=CCn1c(=NC(=O)c2ccc(S(=O)(=O)N(C)Cc3ccccc3)cc2)sc2ccc(Cl)c(C)c21. The molecule has 0 unspecified atom stereocenters. The maximum atomic E-state index is 13.0. The number of amides is 1. The first-order chi connectivity index (χ1) is 16.7. The van der Waals surface area contributed by atoms with E-state index in [0.717, 1.165) is 21.3 Å². The van der Waals surface area contributed by atoms with Crippen molar-refractivity contribution in [2.45, 2.75) is 24.9 Å². The third-order valence-electron chi connectivity index (χ3n) is 5.60. The van der Waals surface area contributed by atoms with E-state index in [1.165, 1.54) is 47.0 Å². The quantitative estimate of drug-likeness (QED) is 0.303. The monoisotopic (exact) mass is 525 g/mol. The molecule has 6 nitrogen and oxygen atoms in total. The zero-order chi connectivity index (χ0) is 25.2. The molecule has 0 N–H and O–H groups in total. The molecule has 0 saturated heterocycles. The second kappa shape index (κ2) is 10.3. The molecule has 4 aromatic rings. The first-order valence-corrected chi connectivity index (χ1v) is 13.4. The molecule has 1 heterocycles. The lowest BCUT2D eigenvalue weighted by atomic mass is 10.2. The molecule has 3 aromatic carbocycles. The van der Waals surface area contributed by atoms with Gasteiger partial charge in [0.05, 0.1) is 15.1 Å². The maximum Gasteiger partial charge on any atom is 0.279 e. The van der Waals surface area contributed by atoms with Crippen molar-refractivity contribution in [1.82, 2.24) is 8.87 Å². The fraction of sp³-hybridized carbons (Fsp3) is 0.154. The zero-order valence-electron chi connectivity index (χ0n) is 19.3. The molecule has 1 aromatic heterocycles. The third-order valence-corrected chi connectivity index (χ3v) is 8.87. The zero-order valence-corrected chi connectivity index (χ0v) is 21.7. The Morgan fingerprint density at radius 2 is 1.80 bits per heavy atom. The van der Waals surface area contributed by atoms with Crippen LogP contribution in [-0.4, -0.2) is 30.2 Å². The Morgan fingerprint density at radius 3 is 2.46 bits per heavy atom. The van der Waals surface area contributed by atoms with Crippen molar-refractivity contribution >= 4 is 49.1 Å². The number of hydrogen-bond acceptors (Lipinski definition) is 4. The molecule has 0 atom stereocenters. The smallest absolute Gasteiger partial charge is 0.279 e. The van der Waals surface area contributed by atoms with Crippen molar-refractivity contribution in [2.24, 2.45) is 4.99 Å². The van der Waals surface area contributed by atoms with E-state index in [9.17, 15) is 13.2 Å². The molecular formula is C26H24ClN3O3S2. The molecule has 1 amide bonds. The summed E-state index contributed by atoms with van der Waals surface area (Å²) in [5.74, 6) is -0.459. The fourth-order valence-electron chi connectivity index (χ4n) is 3.73. The summed E-state index contributed by atoms with van der Waals surface area (Å²) in [6.45, 7) is 6.45. The number of sulfonamides is 1. The van der Waals surface area contributed by atoms with Gasteiger partial charge in [0.25, 0.3) is 5.91 Å². The van der Waals surface area contributed by atoms with E-state index in [0.29, 0.717) is 21.9 Å². The number of fused-ring (bicyclic) bond motifs is 1. The molecular weight excluding hydrogens is 502 g/mol. The summed E-state index contributed by atoms with van der Waals surface area (Å²) < 4.78 is 30.1. The molecule has 180 valence electrons. The second-order valence-electron chi connectivity index (χ2n) is 7.99. The van der Waals surface area contributed by atoms with Gasteiger partial charge in [0.1, 0.15) is 0 Å². The van der Waals surface area contributed by atoms with E-state index in [1.807, 2.05) is 54.0 Å². The molecule has 0 bridgehead atoms. The van der Waals surface area contributed by atoms with Crippen LogP contribution in [0, 0.1) is 6.92 Å². The molecule has 0 aliphatic carbocycles. The number of rotatable bonds is 7. The van der Waals surface area contributed by atoms with E-state index < -0.39 is 15.9 Å². The van der Waals surface area contributed by atoms with Gasteiger partial charge in [-0.3, -0.25) is 4.79 Å². The van der Waals surface area contributed by atoms with Crippen LogP contribution in [0.25, 0.3) is 10.2 Å². The fourth-order valence-corrected chi connectivity index (χ4v) is 6.13. The highest BCUT2D eigenvalue weighted by Gasteiger charge is 2.21. The molecule has 4 rings (SSSR count). The number of carbonyl (C=O) groups is 1. The number of aryl methyl sites for hydroxylation is 1. The Bertz CT molecular complexity index is 1570. The highest BCUT2D eigenvalue weighted by molar-refractivity contribution is 7.89. The van der Waals surface area contributed by atoms with Crippen LogP contribution in [0.4, 0.5) is 0 Å². The van der Waals surface area contributed by atoms with Gasteiger partial charge in [0, 0.05) is 30.7 Å². The van der Waals surface area contributed by atoms with Gasteiger partial charge < -0.3 is 4.57 Å². The van der Waals surface area contributed by atoms with Crippen molar-refractivity contribution in [3.05, 3.63) is 106 Å². The number of hydrogen-bond donors (Lipinski definition) is 0. The summed E-state index contributed by atoms with van der Waals surface area (Å²) in [5.41, 5.74) is 3.01. The van der Waals surface area contributed by atoms with Crippen molar-refractivity contribution in [1.29, 1.82) is 0 Å². The minimum Gasteiger partial charge on any atom is -0.312 e. The number of aromatic nitrogens is 1. The summed E-state index contributed by atoms with van der Waals surface area (Å²) in [6.07, 6.45) is 1.74. The average Bonchev–Trinajstić information content (AvgIpc) is 3.19. The van der Waals surface area contributed by atoms with Crippen molar-refractivity contribution in [3.63, 3.8) is 0 Å². The van der Waals surface area contributed by atoms with Crippen LogP contribution in [0.1, 0.15) is 21.5 Å². The Hall–Kier alpha value is -3.04. The van der Waals surface area contributed by atoms with Gasteiger partial charge in [-0.05, 0) is 54.4 Å². The lowest BCUT2D eigenvalue weighted by molar-refractivity contribution is 0.0997. The Labute approximate surface area is 213 Å². The van der Waals surface area contributed by atoms with Crippen LogP contribution >= 0.6 is 22.9 Å². The summed E-state index contributed by atoms with van der Waals surface area (Å²) in [5, 5.41) is 0.639. The van der Waals surface area contributed by atoms with Gasteiger partial charge in [0.2, 0.25) is 10.0 Å². The Kier molecular flexibility index (Phi) is 7.37.